The molecule has 1 unspecified atom stereocenters. The molecule has 122 valence electrons. The van der Waals surface area contributed by atoms with E-state index in [9.17, 15) is 9.59 Å². The third-order valence-electron chi connectivity index (χ3n) is 3.24. The van der Waals surface area contributed by atoms with Crippen molar-refractivity contribution in [2.45, 2.75) is 12.6 Å². The standard InChI is InChI=1S/C16H13N3O5/c1-22-12-4-2-10(3-5-12)14-8-11(19-24-14)9-23-16(21)13-6-7-15(20)18-17-13/h2-8,13H,9H2,1H3. The minimum absolute atomic E-state index is 0.0632. The fraction of sp³-hybridized carbons (Fsp3) is 0.188. The van der Waals surface area contributed by atoms with E-state index in [1.165, 1.54) is 12.2 Å². The lowest BCUT2D eigenvalue weighted by atomic mass is 10.1. The highest BCUT2D eigenvalue weighted by molar-refractivity contribution is 5.91. The number of methoxy groups -OCH3 is 1. The first-order valence-corrected chi connectivity index (χ1v) is 7.05. The molecule has 0 radical (unpaired) electrons. The van der Waals surface area contributed by atoms with Gasteiger partial charge in [-0.2, -0.15) is 5.11 Å². The molecule has 1 aromatic heterocycles. The molecule has 1 atom stereocenters. The summed E-state index contributed by atoms with van der Waals surface area (Å²) in [6.45, 7) is -0.0632. The van der Waals surface area contributed by atoms with Crippen LogP contribution in [0.2, 0.25) is 0 Å². The number of benzene rings is 1. The molecule has 1 aliphatic rings. The molecule has 0 aliphatic carbocycles. The predicted octanol–water partition coefficient (Wildman–Crippen LogP) is 2.31. The summed E-state index contributed by atoms with van der Waals surface area (Å²) in [4.78, 5) is 22.7. The summed E-state index contributed by atoms with van der Waals surface area (Å²) >= 11 is 0. The van der Waals surface area contributed by atoms with Gasteiger partial charge in [0, 0.05) is 17.7 Å². The fourth-order valence-corrected chi connectivity index (χ4v) is 1.99. The van der Waals surface area contributed by atoms with E-state index >= 15 is 0 Å². The van der Waals surface area contributed by atoms with Gasteiger partial charge in [-0.15, -0.1) is 5.11 Å². The molecule has 2 aromatic rings. The first-order chi connectivity index (χ1) is 11.7. The summed E-state index contributed by atoms with van der Waals surface area (Å²) in [6, 6.07) is 8.05. The first-order valence-electron chi connectivity index (χ1n) is 7.05. The van der Waals surface area contributed by atoms with Crippen LogP contribution < -0.4 is 4.74 Å². The Balaban J connectivity index is 1.59. The zero-order valence-electron chi connectivity index (χ0n) is 12.7. The molecular formula is C16H13N3O5. The SMILES string of the molecule is COc1ccc(-c2cc(COC(=O)C3C=CC(=O)N=N3)no2)cc1. The lowest BCUT2D eigenvalue weighted by Crippen LogP contribution is -2.21. The molecule has 0 saturated heterocycles. The Morgan fingerprint density at radius 3 is 2.75 bits per heavy atom. The minimum Gasteiger partial charge on any atom is -0.497 e. The second kappa shape index (κ2) is 6.86. The summed E-state index contributed by atoms with van der Waals surface area (Å²) in [7, 11) is 1.59. The molecule has 0 saturated carbocycles. The molecular weight excluding hydrogens is 314 g/mol. The number of carbonyl (C=O) groups excluding carboxylic acids is 2. The molecule has 8 heteroatoms. The van der Waals surface area contributed by atoms with Crippen LogP contribution in [-0.4, -0.2) is 30.2 Å². The molecule has 8 nitrogen and oxygen atoms in total. The molecule has 1 aliphatic heterocycles. The first kappa shape index (κ1) is 15.6. The number of azo groups is 1. The Bertz CT molecular complexity index is 791. The van der Waals surface area contributed by atoms with Crippen molar-refractivity contribution in [1.82, 2.24) is 5.16 Å². The molecule has 0 N–H and O–H groups in total. The van der Waals surface area contributed by atoms with Gasteiger partial charge < -0.3 is 14.0 Å². The van der Waals surface area contributed by atoms with Crippen LogP contribution in [0, 0.1) is 0 Å². The lowest BCUT2D eigenvalue weighted by Gasteiger charge is -2.07. The number of esters is 1. The van der Waals surface area contributed by atoms with Gasteiger partial charge in [-0.05, 0) is 30.3 Å². The highest BCUT2D eigenvalue weighted by atomic mass is 16.5. The van der Waals surface area contributed by atoms with Crippen molar-refractivity contribution in [3.05, 3.63) is 48.2 Å². The van der Waals surface area contributed by atoms with Gasteiger partial charge in [0.25, 0.3) is 5.91 Å². The van der Waals surface area contributed by atoms with Gasteiger partial charge in [0.1, 0.15) is 18.1 Å². The predicted molar refractivity (Wildman–Crippen MR) is 81.1 cm³/mol. The van der Waals surface area contributed by atoms with Crippen molar-refractivity contribution in [2.75, 3.05) is 7.11 Å². The van der Waals surface area contributed by atoms with Crippen molar-refractivity contribution in [1.29, 1.82) is 0 Å². The highest BCUT2D eigenvalue weighted by Gasteiger charge is 2.20. The van der Waals surface area contributed by atoms with Crippen LogP contribution >= 0.6 is 0 Å². The van der Waals surface area contributed by atoms with Crippen LogP contribution in [0.15, 0.2) is 57.2 Å². The number of hydrogen-bond acceptors (Lipinski definition) is 7. The van der Waals surface area contributed by atoms with Crippen molar-refractivity contribution in [3.8, 4) is 17.1 Å². The van der Waals surface area contributed by atoms with E-state index in [4.69, 9.17) is 14.0 Å². The maximum absolute atomic E-state index is 11.8. The van der Waals surface area contributed by atoms with E-state index in [1.807, 2.05) is 12.1 Å². The third kappa shape index (κ3) is 3.54. The van der Waals surface area contributed by atoms with Gasteiger partial charge in [0.05, 0.1) is 7.11 Å². The highest BCUT2D eigenvalue weighted by Crippen LogP contribution is 2.23. The van der Waals surface area contributed by atoms with Crippen LogP contribution in [0.5, 0.6) is 5.75 Å². The fourth-order valence-electron chi connectivity index (χ4n) is 1.99. The van der Waals surface area contributed by atoms with E-state index in [0.29, 0.717) is 11.5 Å². The molecule has 1 amide bonds. The Kier molecular flexibility index (Phi) is 4.46. The third-order valence-corrected chi connectivity index (χ3v) is 3.24. The molecule has 1 aromatic carbocycles. The molecule has 3 rings (SSSR count). The molecule has 24 heavy (non-hydrogen) atoms. The topological polar surface area (TPSA) is 103 Å². The summed E-state index contributed by atoms with van der Waals surface area (Å²) in [6.07, 6.45) is 2.51. The largest absolute Gasteiger partial charge is 0.497 e. The Morgan fingerprint density at radius 1 is 1.29 bits per heavy atom. The smallest absolute Gasteiger partial charge is 0.337 e. The monoisotopic (exact) mass is 327 g/mol. The average Bonchev–Trinajstić information content (AvgIpc) is 3.09. The van der Waals surface area contributed by atoms with Gasteiger partial charge in [-0.25, -0.2) is 4.79 Å². The molecule has 0 spiro atoms. The Labute approximate surface area is 136 Å². The van der Waals surface area contributed by atoms with Gasteiger partial charge in [0.2, 0.25) is 0 Å². The van der Waals surface area contributed by atoms with Crippen molar-refractivity contribution in [2.24, 2.45) is 10.2 Å². The number of carbonyl (C=O) groups is 2. The number of amides is 1. The van der Waals surface area contributed by atoms with Gasteiger partial charge >= 0.3 is 5.97 Å². The van der Waals surface area contributed by atoms with E-state index in [-0.39, 0.29) is 6.61 Å². The summed E-state index contributed by atoms with van der Waals surface area (Å²) in [5.74, 6) is 0.170. The number of aromatic nitrogens is 1. The van der Waals surface area contributed by atoms with Gasteiger partial charge in [0.15, 0.2) is 11.8 Å². The van der Waals surface area contributed by atoms with Crippen LogP contribution in [0.25, 0.3) is 11.3 Å². The molecule has 2 heterocycles. The Morgan fingerprint density at radius 2 is 2.08 bits per heavy atom. The second-order valence-corrected chi connectivity index (χ2v) is 4.88. The summed E-state index contributed by atoms with van der Waals surface area (Å²) in [5, 5.41) is 10.7. The lowest BCUT2D eigenvalue weighted by molar-refractivity contribution is -0.145. The summed E-state index contributed by atoms with van der Waals surface area (Å²) in [5.41, 5.74) is 1.28. The Hall–Kier alpha value is -3.29. The van der Waals surface area contributed by atoms with Gasteiger partial charge in [-0.1, -0.05) is 5.16 Å². The number of hydrogen-bond donors (Lipinski definition) is 0. The molecule has 0 fully saturated rings. The second-order valence-electron chi connectivity index (χ2n) is 4.88. The van der Waals surface area contributed by atoms with E-state index in [1.54, 1.807) is 25.3 Å². The van der Waals surface area contributed by atoms with E-state index in [2.05, 4.69) is 15.4 Å². The van der Waals surface area contributed by atoms with Crippen LogP contribution in [-0.2, 0) is 20.9 Å². The molecule has 0 bridgehead atoms. The number of nitrogens with zero attached hydrogens (tertiary/aromatic N) is 3. The van der Waals surface area contributed by atoms with Gasteiger partial charge in [-0.3, -0.25) is 4.79 Å². The quantitative estimate of drug-likeness (QED) is 0.781. The zero-order valence-corrected chi connectivity index (χ0v) is 12.7. The summed E-state index contributed by atoms with van der Waals surface area (Å²) < 4.78 is 15.4. The average molecular weight is 327 g/mol. The number of ether oxygens (including phenoxy) is 2. The van der Waals surface area contributed by atoms with Crippen molar-refractivity contribution >= 4 is 11.9 Å². The van der Waals surface area contributed by atoms with Crippen molar-refractivity contribution < 1.29 is 23.6 Å². The van der Waals surface area contributed by atoms with Crippen LogP contribution in [0.1, 0.15) is 5.69 Å². The normalized spacial score (nSPS) is 16.2. The van der Waals surface area contributed by atoms with Crippen LogP contribution in [0.4, 0.5) is 0 Å². The van der Waals surface area contributed by atoms with Crippen LogP contribution in [0.3, 0.4) is 0 Å². The maximum atomic E-state index is 11.8. The zero-order chi connectivity index (χ0) is 16.9. The minimum atomic E-state index is -0.907. The van der Waals surface area contributed by atoms with E-state index in [0.717, 1.165) is 11.3 Å². The van der Waals surface area contributed by atoms with E-state index < -0.39 is 17.9 Å². The number of rotatable bonds is 5. The van der Waals surface area contributed by atoms with Crippen molar-refractivity contribution in [3.63, 3.8) is 0 Å². The maximum Gasteiger partial charge on any atom is 0.337 e.